The van der Waals surface area contributed by atoms with Crippen molar-refractivity contribution in [3.05, 3.63) is 35.4 Å². The second-order valence-electron chi connectivity index (χ2n) is 8.00. The van der Waals surface area contributed by atoms with Gasteiger partial charge in [0.1, 0.15) is 0 Å². The van der Waals surface area contributed by atoms with Gasteiger partial charge in [0, 0.05) is 37.6 Å². The molecule has 1 N–H and O–H groups in total. The number of hydrogen-bond acceptors (Lipinski definition) is 2. The van der Waals surface area contributed by atoms with Gasteiger partial charge in [0.15, 0.2) is 5.11 Å². The Hall–Kier alpha value is -1.62. The smallest absolute Gasteiger partial charge is 0.222 e. The average Bonchev–Trinajstić information content (AvgIpc) is 2.55. The van der Waals surface area contributed by atoms with Crippen LogP contribution in [0.5, 0.6) is 0 Å². The van der Waals surface area contributed by atoms with Crippen LogP contribution in [0.2, 0.25) is 0 Å². The van der Waals surface area contributed by atoms with Gasteiger partial charge in [-0.15, -0.1) is 0 Å². The minimum atomic E-state index is 0.0595. The summed E-state index contributed by atoms with van der Waals surface area (Å²) in [5.41, 5.74) is 2.73. The molecule has 4 nitrogen and oxygen atoms in total. The number of nitrogens with one attached hydrogen (secondary N) is 1. The molecule has 0 saturated carbocycles. The maximum Gasteiger partial charge on any atom is 0.222 e. The van der Waals surface area contributed by atoms with Crippen molar-refractivity contribution in [2.45, 2.75) is 64.6 Å². The molecule has 0 bridgehead atoms. The van der Waals surface area contributed by atoms with E-state index in [0.29, 0.717) is 12.5 Å². The fourth-order valence-corrected chi connectivity index (χ4v) is 4.60. The number of thiocarbonyl (C=S) groups is 1. The van der Waals surface area contributed by atoms with Crippen LogP contribution in [0.25, 0.3) is 0 Å². The summed E-state index contributed by atoms with van der Waals surface area (Å²) in [6, 6.07) is 8.86. The van der Waals surface area contributed by atoms with E-state index in [1.165, 1.54) is 11.1 Å². The maximum atomic E-state index is 12.6. The van der Waals surface area contributed by atoms with Crippen LogP contribution < -0.4 is 5.32 Å². The standard InChI is InChI=1S/C20H29N3OS/c1-15-13-20(2,3)21-19(25)23(15)11-6-9-18(24)22-12-10-16-7-4-5-8-17(16)14-22/h4-5,7-8,15H,6,9-14H2,1-3H3,(H,21,25). The summed E-state index contributed by atoms with van der Waals surface area (Å²) in [4.78, 5) is 16.8. The first kappa shape index (κ1) is 18.2. The molecular formula is C20H29N3OS. The predicted octanol–water partition coefficient (Wildman–Crippen LogP) is 3.10. The number of fused-ring (bicyclic) bond motifs is 1. The number of rotatable bonds is 4. The number of nitrogens with zero attached hydrogens (tertiary/aromatic N) is 2. The van der Waals surface area contributed by atoms with Gasteiger partial charge in [0.25, 0.3) is 0 Å². The first-order chi connectivity index (χ1) is 11.9. The summed E-state index contributed by atoms with van der Waals surface area (Å²) in [5.74, 6) is 0.262. The Morgan fingerprint density at radius 1 is 1.32 bits per heavy atom. The Morgan fingerprint density at radius 2 is 2.04 bits per heavy atom. The van der Waals surface area contributed by atoms with E-state index in [1.807, 2.05) is 4.90 Å². The molecule has 25 heavy (non-hydrogen) atoms. The minimum absolute atomic E-state index is 0.0595. The van der Waals surface area contributed by atoms with Crippen LogP contribution in [-0.4, -0.2) is 45.5 Å². The van der Waals surface area contributed by atoms with Gasteiger partial charge in [-0.3, -0.25) is 4.79 Å². The van der Waals surface area contributed by atoms with E-state index in [2.05, 4.69) is 55.3 Å². The summed E-state index contributed by atoms with van der Waals surface area (Å²) in [6.45, 7) is 9.03. The highest BCUT2D eigenvalue weighted by Crippen LogP contribution is 2.23. The number of amides is 1. The van der Waals surface area contributed by atoms with Gasteiger partial charge < -0.3 is 15.1 Å². The summed E-state index contributed by atoms with van der Waals surface area (Å²) in [7, 11) is 0. The molecule has 5 heteroatoms. The quantitative estimate of drug-likeness (QED) is 0.838. The van der Waals surface area contributed by atoms with Crippen LogP contribution in [0.1, 0.15) is 51.2 Å². The van der Waals surface area contributed by atoms with Gasteiger partial charge >= 0.3 is 0 Å². The number of benzene rings is 1. The van der Waals surface area contributed by atoms with Crippen molar-refractivity contribution < 1.29 is 4.79 Å². The molecule has 2 aliphatic heterocycles. The first-order valence-electron chi connectivity index (χ1n) is 9.29. The van der Waals surface area contributed by atoms with Gasteiger partial charge in [0.2, 0.25) is 5.91 Å². The minimum Gasteiger partial charge on any atom is -0.358 e. The van der Waals surface area contributed by atoms with Crippen molar-refractivity contribution in [2.75, 3.05) is 13.1 Å². The fraction of sp³-hybridized carbons (Fsp3) is 0.600. The van der Waals surface area contributed by atoms with Crippen LogP contribution in [-0.2, 0) is 17.8 Å². The molecule has 136 valence electrons. The van der Waals surface area contributed by atoms with E-state index >= 15 is 0 Å². The molecule has 2 aliphatic rings. The fourth-order valence-electron chi connectivity index (χ4n) is 4.05. The van der Waals surface area contributed by atoms with E-state index in [9.17, 15) is 4.79 Å². The Kier molecular flexibility index (Phi) is 5.32. The molecule has 0 aromatic heterocycles. The van der Waals surface area contributed by atoms with Crippen molar-refractivity contribution >= 4 is 23.2 Å². The van der Waals surface area contributed by atoms with Gasteiger partial charge in [-0.1, -0.05) is 24.3 Å². The van der Waals surface area contributed by atoms with Crippen LogP contribution in [0.15, 0.2) is 24.3 Å². The Labute approximate surface area is 156 Å². The molecular weight excluding hydrogens is 330 g/mol. The number of carbonyl (C=O) groups excluding carboxylic acids is 1. The second-order valence-corrected chi connectivity index (χ2v) is 8.38. The lowest BCUT2D eigenvalue weighted by molar-refractivity contribution is -0.132. The Balaban J connectivity index is 1.48. The lowest BCUT2D eigenvalue weighted by Gasteiger charge is -2.44. The summed E-state index contributed by atoms with van der Waals surface area (Å²) in [5, 5.41) is 4.23. The molecule has 1 aromatic rings. The van der Waals surface area contributed by atoms with E-state index in [4.69, 9.17) is 12.2 Å². The van der Waals surface area contributed by atoms with Crippen molar-refractivity contribution in [1.82, 2.24) is 15.1 Å². The van der Waals surface area contributed by atoms with E-state index in [-0.39, 0.29) is 11.4 Å². The van der Waals surface area contributed by atoms with Crippen molar-refractivity contribution in [1.29, 1.82) is 0 Å². The summed E-state index contributed by atoms with van der Waals surface area (Å²) in [6.07, 6.45) is 3.47. The van der Waals surface area contributed by atoms with Gasteiger partial charge in [-0.05, 0) is 63.4 Å². The third-order valence-corrected chi connectivity index (χ3v) is 5.65. The molecule has 1 fully saturated rings. The highest BCUT2D eigenvalue weighted by molar-refractivity contribution is 7.80. The van der Waals surface area contributed by atoms with Crippen LogP contribution in [0, 0.1) is 0 Å². The first-order valence-corrected chi connectivity index (χ1v) is 9.70. The largest absolute Gasteiger partial charge is 0.358 e. The SMILES string of the molecule is CC1CC(C)(C)NC(=S)N1CCCC(=O)N1CCc2ccccc2C1. The summed E-state index contributed by atoms with van der Waals surface area (Å²) >= 11 is 5.52. The predicted molar refractivity (Wildman–Crippen MR) is 105 cm³/mol. The normalized spacial score (nSPS) is 22.4. The molecule has 3 rings (SSSR count). The maximum absolute atomic E-state index is 12.6. The lowest BCUT2D eigenvalue weighted by Crippen LogP contribution is -2.60. The highest BCUT2D eigenvalue weighted by atomic mass is 32.1. The molecule has 1 unspecified atom stereocenters. The van der Waals surface area contributed by atoms with E-state index in [1.54, 1.807) is 0 Å². The zero-order chi connectivity index (χ0) is 18.0. The van der Waals surface area contributed by atoms with E-state index in [0.717, 1.165) is 44.0 Å². The molecule has 1 saturated heterocycles. The second kappa shape index (κ2) is 7.32. The molecule has 1 atom stereocenters. The van der Waals surface area contributed by atoms with Crippen LogP contribution in [0.4, 0.5) is 0 Å². The number of hydrogen-bond donors (Lipinski definition) is 1. The van der Waals surface area contributed by atoms with Crippen LogP contribution >= 0.6 is 12.2 Å². The zero-order valence-electron chi connectivity index (χ0n) is 15.5. The van der Waals surface area contributed by atoms with Gasteiger partial charge in [-0.25, -0.2) is 0 Å². The lowest BCUT2D eigenvalue weighted by atomic mass is 9.93. The summed E-state index contributed by atoms with van der Waals surface area (Å²) < 4.78 is 0. The average molecular weight is 360 g/mol. The topological polar surface area (TPSA) is 35.6 Å². The third kappa shape index (κ3) is 4.32. The Bertz CT molecular complexity index is 658. The monoisotopic (exact) mass is 359 g/mol. The highest BCUT2D eigenvalue weighted by Gasteiger charge is 2.32. The Morgan fingerprint density at radius 3 is 2.76 bits per heavy atom. The molecule has 0 spiro atoms. The van der Waals surface area contributed by atoms with E-state index < -0.39 is 0 Å². The van der Waals surface area contributed by atoms with Gasteiger partial charge in [0.05, 0.1) is 0 Å². The molecule has 1 amide bonds. The van der Waals surface area contributed by atoms with Crippen LogP contribution in [0.3, 0.4) is 0 Å². The van der Waals surface area contributed by atoms with Crippen molar-refractivity contribution in [3.63, 3.8) is 0 Å². The molecule has 1 aromatic carbocycles. The molecule has 0 aliphatic carbocycles. The van der Waals surface area contributed by atoms with Crippen molar-refractivity contribution in [3.8, 4) is 0 Å². The molecule has 0 radical (unpaired) electrons. The molecule has 2 heterocycles. The zero-order valence-corrected chi connectivity index (χ0v) is 16.4. The van der Waals surface area contributed by atoms with Crippen molar-refractivity contribution in [2.24, 2.45) is 0 Å². The number of carbonyl (C=O) groups is 1. The van der Waals surface area contributed by atoms with Gasteiger partial charge in [-0.2, -0.15) is 0 Å². The third-order valence-electron chi connectivity index (χ3n) is 5.32.